The summed E-state index contributed by atoms with van der Waals surface area (Å²) in [5.74, 6) is 0.823. The standard InChI is InChI=1S/C26H38N2O2/c1-25(2,3)21-7-9-23(29)19(15-21)17-27-11-13-28(14-12-27)18-20-16-22(26(4,5)6)8-10-24(20)30/h7-10,15-16,29-30H,11-14,17-18H2,1-6H3/p+2. The quantitative estimate of drug-likeness (QED) is 0.622. The molecule has 2 aromatic rings. The van der Waals surface area contributed by atoms with Crippen LogP contribution in [-0.4, -0.2) is 36.4 Å². The summed E-state index contributed by atoms with van der Waals surface area (Å²) in [6.45, 7) is 19.3. The lowest BCUT2D eigenvalue weighted by Crippen LogP contribution is -3.27. The molecule has 0 amide bonds. The fourth-order valence-electron chi connectivity index (χ4n) is 4.24. The van der Waals surface area contributed by atoms with Gasteiger partial charge in [0, 0.05) is 11.1 Å². The molecule has 0 spiro atoms. The maximum atomic E-state index is 10.4. The number of aromatic hydroxyl groups is 2. The Kier molecular flexibility index (Phi) is 6.49. The molecule has 4 N–H and O–H groups in total. The SMILES string of the molecule is CC(C)(C)c1ccc(O)c(C[NH+]2CC[NH+](Cc3cc(C(C)(C)C)ccc3O)CC2)c1. The smallest absolute Gasteiger partial charge is 0.127 e. The van der Waals surface area contributed by atoms with Crippen molar-refractivity contribution < 1.29 is 20.0 Å². The van der Waals surface area contributed by atoms with Gasteiger partial charge in [-0.05, 0) is 46.2 Å². The Hall–Kier alpha value is -2.04. The number of phenols is 2. The average Bonchev–Trinajstić information content (AvgIpc) is 2.65. The summed E-state index contributed by atoms with van der Waals surface area (Å²) >= 11 is 0. The van der Waals surface area contributed by atoms with Crippen LogP contribution in [-0.2, 0) is 23.9 Å². The number of hydrogen-bond donors (Lipinski definition) is 4. The first-order valence-electron chi connectivity index (χ1n) is 11.3. The van der Waals surface area contributed by atoms with Crippen LogP contribution in [0, 0.1) is 0 Å². The summed E-state index contributed by atoms with van der Waals surface area (Å²) < 4.78 is 0. The van der Waals surface area contributed by atoms with E-state index in [1.54, 1.807) is 0 Å². The van der Waals surface area contributed by atoms with E-state index in [1.807, 2.05) is 24.3 Å². The van der Waals surface area contributed by atoms with Crippen molar-refractivity contribution in [1.82, 2.24) is 0 Å². The summed E-state index contributed by atoms with van der Waals surface area (Å²) in [5, 5.41) is 20.7. The van der Waals surface area contributed by atoms with Crippen molar-refractivity contribution in [3.8, 4) is 11.5 Å². The van der Waals surface area contributed by atoms with Crippen molar-refractivity contribution in [2.45, 2.75) is 65.5 Å². The lowest BCUT2D eigenvalue weighted by atomic mass is 9.86. The molecule has 0 bridgehead atoms. The topological polar surface area (TPSA) is 49.3 Å². The third-order valence-corrected chi connectivity index (χ3v) is 6.44. The van der Waals surface area contributed by atoms with Crippen LogP contribution in [0.4, 0.5) is 0 Å². The number of benzene rings is 2. The molecule has 164 valence electrons. The second-order valence-electron chi connectivity index (χ2n) is 11.0. The van der Waals surface area contributed by atoms with E-state index in [4.69, 9.17) is 0 Å². The van der Waals surface area contributed by atoms with Gasteiger partial charge in [-0.3, -0.25) is 0 Å². The minimum atomic E-state index is 0.0875. The minimum Gasteiger partial charge on any atom is -0.507 e. The zero-order valence-electron chi connectivity index (χ0n) is 19.6. The van der Waals surface area contributed by atoms with E-state index in [9.17, 15) is 10.2 Å². The summed E-state index contributed by atoms with van der Waals surface area (Å²) in [4.78, 5) is 3.04. The molecule has 0 saturated carbocycles. The number of quaternary nitrogens is 2. The second-order valence-corrected chi connectivity index (χ2v) is 11.0. The van der Waals surface area contributed by atoms with Crippen LogP contribution < -0.4 is 9.80 Å². The molecule has 4 heteroatoms. The first-order chi connectivity index (χ1) is 13.9. The maximum absolute atomic E-state index is 10.4. The Labute approximate surface area is 182 Å². The summed E-state index contributed by atoms with van der Waals surface area (Å²) in [7, 11) is 0. The lowest BCUT2D eigenvalue weighted by molar-refractivity contribution is -1.02. The number of hydrogen-bond acceptors (Lipinski definition) is 2. The summed E-state index contributed by atoms with van der Waals surface area (Å²) in [5.41, 5.74) is 4.82. The third kappa shape index (κ3) is 5.55. The predicted octanol–water partition coefficient (Wildman–Crippen LogP) is 2.18. The van der Waals surface area contributed by atoms with Gasteiger partial charge in [-0.15, -0.1) is 0 Å². The molecular weight excluding hydrogens is 372 g/mol. The van der Waals surface area contributed by atoms with Gasteiger partial charge in [-0.1, -0.05) is 53.7 Å². The molecule has 1 saturated heterocycles. The molecule has 0 unspecified atom stereocenters. The predicted molar refractivity (Wildman–Crippen MR) is 122 cm³/mol. The van der Waals surface area contributed by atoms with Crippen molar-refractivity contribution in [1.29, 1.82) is 0 Å². The van der Waals surface area contributed by atoms with Crippen molar-refractivity contribution in [3.63, 3.8) is 0 Å². The molecular formula is C26H40N2O2+2. The fraction of sp³-hybridized carbons (Fsp3) is 0.538. The zero-order chi connectivity index (χ0) is 22.1. The lowest BCUT2D eigenvalue weighted by Gasteiger charge is -2.30. The van der Waals surface area contributed by atoms with Crippen LogP contribution in [0.5, 0.6) is 11.5 Å². The van der Waals surface area contributed by atoms with Crippen LogP contribution in [0.2, 0.25) is 0 Å². The molecule has 1 heterocycles. The Morgan fingerprint density at radius 1 is 0.633 bits per heavy atom. The molecule has 1 aliphatic rings. The van der Waals surface area contributed by atoms with E-state index in [1.165, 1.54) is 20.9 Å². The van der Waals surface area contributed by atoms with Crippen molar-refractivity contribution >= 4 is 0 Å². The normalized spacial score (nSPS) is 20.3. The molecule has 0 aliphatic carbocycles. The fourth-order valence-corrected chi connectivity index (χ4v) is 4.24. The minimum absolute atomic E-state index is 0.0875. The number of rotatable bonds is 4. The summed E-state index contributed by atoms with van der Waals surface area (Å²) in [6, 6.07) is 12.1. The van der Waals surface area contributed by atoms with Crippen LogP contribution in [0.3, 0.4) is 0 Å². The van der Waals surface area contributed by atoms with Gasteiger partial charge >= 0.3 is 0 Å². The molecule has 30 heavy (non-hydrogen) atoms. The molecule has 2 aromatic carbocycles. The van der Waals surface area contributed by atoms with Gasteiger partial charge in [-0.2, -0.15) is 0 Å². The van der Waals surface area contributed by atoms with Gasteiger partial charge in [0.1, 0.15) is 50.8 Å². The van der Waals surface area contributed by atoms with E-state index in [2.05, 4.69) is 53.7 Å². The second kappa shape index (κ2) is 8.60. The van der Waals surface area contributed by atoms with E-state index in [0.29, 0.717) is 11.5 Å². The van der Waals surface area contributed by atoms with Crippen LogP contribution in [0.25, 0.3) is 0 Å². The van der Waals surface area contributed by atoms with Gasteiger partial charge in [0.2, 0.25) is 0 Å². The van der Waals surface area contributed by atoms with E-state index in [0.717, 1.165) is 50.4 Å². The summed E-state index contributed by atoms with van der Waals surface area (Å²) in [6.07, 6.45) is 0. The van der Waals surface area contributed by atoms with Crippen molar-refractivity contribution in [2.24, 2.45) is 0 Å². The van der Waals surface area contributed by atoms with Gasteiger partial charge in [-0.25, -0.2) is 0 Å². The first-order valence-corrected chi connectivity index (χ1v) is 11.3. The highest BCUT2D eigenvalue weighted by Crippen LogP contribution is 2.28. The molecule has 0 atom stereocenters. The molecule has 1 fully saturated rings. The first kappa shape index (κ1) is 22.6. The van der Waals surface area contributed by atoms with Gasteiger partial charge in [0.05, 0.1) is 0 Å². The van der Waals surface area contributed by atoms with E-state index < -0.39 is 0 Å². The Morgan fingerprint density at radius 3 is 1.27 bits per heavy atom. The number of nitrogens with one attached hydrogen (secondary N) is 2. The van der Waals surface area contributed by atoms with Gasteiger partial charge < -0.3 is 20.0 Å². The monoisotopic (exact) mass is 412 g/mol. The Bertz CT molecular complexity index is 796. The molecule has 0 radical (unpaired) electrons. The largest absolute Gasteiger partial charge is 0.507 e. The van der Waals surface area contributed by atoms with E-state index >= 15 is 0 Å². The molecule has 1 aliphatic heterocycles. The third-order valence-electron chi connectivity index (χ3n) is 6.44. The van der Waals surface area contributed by atoms with Crippen LogP contribution in [0.15, 0.2) is 36.4 Å². The van der Waals surface area contributed by atoms with Crippen molar-refractivity contribution in [2.75, 3.05) is 26.2 Å². The number of piperazine rings is 1. The average molecular weight is 413 g/mol. The van der Waals surface area contributed by atoms with Gasteiger partial charge in [0.15, 0.2) is 0 Å². The number of phenolic OH excluding ortho intramolecular Hbond substituents is 2. The molecule has 4 nitrogen and oxygen atoms in total. The maximum Gasteiger partial charge on any atom is 0.127 e. The molecule has 3 rings (SSSR count). The Morgan fingerprint density at radius 2 is 0.967 bits per heavy atom. The van der Waals surface area contributed by atoms with E-state index in [-0.39, 0.29) is 10.8 Å². The van der Waals surface area contributed by atoms with Crippen LogP contribution >= 0.6 is 0 Å². The highest BCUT2D eigenvalue weighted by atomic mass is 16.3. The molecule has 0 aromatic heterocycles. The Balaban J connectivity index is 1.61. The highest BCUT2D eigenvalue weighted by molar-refractivity contribution is 5.39. The highest BCUT2D eigenvalue weighted by Gasteiger charge is 2.26. The van der Waals surface area contributed by atoms with Crippen LogP contribution in [0.1, 0.15) is 63.8 Å². The zero-order valence-corrected chi connectivity index (χ0v) is 19.6. The van der Waals surface area contributed by atoms with Gasteiger partial charge in [0.25, 0.3) is 0 Å². The van der Waals surface area contributed by atoms with Crippen molar-refractivity contribution in [3.05, 3.63) is 58.7 Å².